The minimum absolute atomic E-state index is 0.0851. The summed E-state index contributed by atoms with van der Waals surface area (Å²) >= 11 is 0. The van der Waals surface area contributed by atoms with Crippen LogP contribution in [0.25, 0.3) is 0 Å². The van der Waals surface area contributed by atoms with Crippen LogP contribution in [0, 0.1) is 18.8 Å². The highest BCUT2D eigenvalue weighted by molar-refractivity contribution is 5.72. The third-order valence-electron chi connectivity index (χ3n) is 6.97. The van der Waals surface area contributed by atoms with E-state index in [0.717, 1.165) is 42.4 Å². The lowest BCUT2D eigenvalue weighted by Crippen LogP contribution is -2.15. The Hall–Kier alpha value is -1.31. The molecule has 170 valence electrons. The van der Waals surface area contributed by atoms with Crippen molar-refractivity contribution in [1.82, 2.24) is 0 Å². The minimum atomic E-state index is -0.0851. The van der Waals surface area contributed by atoms with Crippen molar-refractivity contribution in [3.05, 3.63) is 29.3 Å². The van der Waals surface area contributed by atoms with Gasteiger partial charge in [-0.25, -0.2) is 0 Å². The monoisotopic (exact) mass is 414 g/mol. The molecule has 0 amide bonds. The molecule has 2 nitrogen and oxygen atoms in total. The molecule has 1 aromatic rings. The predicted molar refractivity (Wildman–Crippen MR) is 128 cm³/mol. The highest BCUT2D eigenvalue weighted by Gasteiger charge is 2.20. The predicted octanol–water partition coefficient (Wildman–Crippen LogP) is 8.58. The van der Waals surface area contributed by atoms with Gasteiger partial charge in [-0.15, -0.1) is 0 Å². The van der Waals surface area contributed by atoms with E-state index < -0.39 is 0 Å². The fraction of sp³-hybridized carbons (Fsp3) is 0.750. The van der Waals surface area contributed by atoms with Crippen LogP contribution in [0.5, 0.6) is 5.75 Å². The van der Waals surface area contributed by atoms with Gasteiger partial charge in [0.05, 0.1) is 0 Å². The summed E-state index contributed by atoms with van der Waals surface area (Å²) in [5.74, 6) is 2.55. The number of unbranched alkanes of at least 4 members (excludes halogenated alkanes) is 6. The van der Waals surface area contributed by atoms with Gasteiger partial charge in [-0.05, 0) is 55.2 Å². The fourth-order valence-electron chi connectivity index (χ4n) is 4.89. The number of hydrogen-bond donors (Lipinski definition) is 0. The molecular weight excluding hydrogens is 368 g/mol. The van der Waals surface area contributed by atoms with E-state index in [1.807, 2.05) is 6.07 Å². The van der Waals surface area contributed by atoms with E-state index in [4.69, 9.17) is 4.74 Å². The van der Waals surface area contributed by atoms with Gasteiger partial charge in [-0.3, -0.25) is 4.79 Å². The van der Waals surface area contributed by atoms with Crippen molar-refractivity contribution in [3.8, 4) is 5.75 Å². The van der Waals surface area contributed by atoms with Crippen molar-refractivity contribution in [2.24, 2.45) is 11.8 Å². The lowest BCUT2D eigenvalue weighted by atomic mass is 9.78. The molecule has 0 radical (unpaired) electrons. The zero-order valence-corrected chi connectivity index (χ0v) is 20.0. The average molecular weight is 415 g/mol. The molecule has 0 atom stereocenters. The Morgan fingerprint density at radius 1 is 0.867 bits per heavy atom. The van der Waals surface area contributed by atoms with Crippen LogP contribution in [-0.4, -0.2) is 5.97 Å². The molecule has 1 aliphatic carbocycles. The maximum Gasteiger partial charge on any atom is 0.311 e. The Balaban J connectivity index is 1.67. The van der Waals surface area contributed by atoms with Crippen LogP contribution in [0.4, 0.5) is 0 Å². The SMILES string of the molecule is CCCCCCCC(=O)Oc1ccc(CC[C@H]2CC[C@H](CCCCC)CC2)cc1C. The van der Waals surface area contributed by atoms with Crippen molar-refractivity contribution in [2.45, 2.75) is 124 Å². The Kier molecular flexibility index (Phi) is 12.2. The van der Waals surface area contributed by atoms with Crippen molar-refractivity contribution in [2.75, 3.05) is 0 Å². The standard InChI is InChI=1S/C28H46O2/c1-4-6-8-9-11-13-28(29)30-27-21-20-26(22-23(27)3)19-18-25-16-14-24(15-17-25)12-10-7-5-2/h20-22,24-25H,4-19H2,1-3H3/t24-,25-. The number of carbonyl (C=O) groups is 1. The van der Waals surface area contributed by atoms with Crippen LogP contribution < -0.4 is 4.74 Å². The first-order chi connectivity index (χ1) is 14.6. The van der Waals surface area contributed by atoms with E-state index in [1.165, 1.54) is 82.6 Å². The van der Waals surface area contributed by atoms with Gasteiger partial charge in [0.25, 0.3) is 0 Å². The molecule has 0 N–H and O–H groups in total. The summed E-state index contributed by atoms with van der Waals surface area (Å²) in [6, 6.07) is 6.39. The number of carbonyl (C=O) groups excluding carboxylic acids is 1. The number of rotatable bonds is 14. The zero-order valence-electron chi connectivity index (χ0n) is 20.0. The van der Waals surface area contributed by atoms with Crippen LogP contribution in [0.15, 0.2) is 18.2 Å². The van der Waals surface area contributed by atoms with Crippen LogP contribution in [0.3, 0.4) is 0 Å². The van der Waals surface area contributed by atoms with Gasteiger partial charge in [-0.2, -0.15) is 0 Å². The van der Waals surface area contributed by atoms with E-state index in [2.05, 4.69) is 32.9 Å². The quantitative estimate of drug-likeness (QED) is 0.173. The number of hydrogen-bond acceptors (Lipinski definition) is 2. The maximum absolute atomic E-state index is 12.1. The molecule has 0 aromatic heterocycles. The third-order valence-corrected chi connectivity index (χ3v) is 6.97. The first kappa shape index (κ1) is 25.0. The van der Waals surface area contributed by atoms with Crippen LogP contribution in [0.2, 0.25) is 0 Å². The van der Waals surface area contributed by atoms with Gasteiger partial charge in [0.1, 0.15) is 5.75 Å². The summed E-state index contributed by atoms with van der Waals surface area (Å²) in [6.07, 6.45) is 20.1. The summed E-state index contributed by atoms with van der Waals surface area (Å²) < 4.78 is 5.61. The lowest BCUT2D eigenvalue weighted by Gasteiger charge is -2.28. The van der Waals surface area contributed by atoms with Crippen LogP contribution in [-0.2, 0) is 11.2 Å². The molecule has 0 aliphatic heterocycles. The number of esters is 1. The number of ether oxygens (including phenoxy) is 1. The van der Waals surface area contributed by atoms with Gasteiger partial charge in [0.15, 0.2) is 0 Å². The molecule has 1 aliphatic rings. The molecule has 0 heterocycles. The molecule has 30 heavy (non-hydrogen) atoms. The first-order valence-corrected chi connectivity index (χ1v) is 12.9. The van der Waals surface area contributed by atoms with Gasteiger partial charge in [0.2, 0.25) is 0 Å². The van der Waals surface area contributed by atoms with Crippen molar-refractivity contribution < 1.29 is 9.53 Å². The normalized spacial score (nSPS) is 19.0. The Morgan fingerprint density at radius 3 is 2.17 bits per heavy atom. The highest BCUT2D eigenvalue weighted by Crippen LogP contribution is 2.34. The molecule has 1 aromatic carbocycles. The van der Waals surface area contributed by atoms with Gasteiger partial charge < -0.3 is 4.74 Å². The van der Waals surface area contributed by atoms with Gasteiger partial charge >= 0.3 is 5.97 Å². The molecule has 2 rings (SSSR count). The Bertz CT molecular complexity index is 599. The van der Waals surface area contributed by atoms with E-state index >= 15 is 0 Å². The summed E-state index contributed by atoms with van der Waals surface area (Å²) in [7, 11) is 0. The smallest absolute Gasteiger partial charge is 0.311 e. The summed E-state index contributed by atoms with van der Waals surface area (Å²) in [6.45, 7) is 6.57. The van der Waals surface area contributed by atoms with Crippen molar-refractivity contribution in [3.63, 3.8) is 0 Å². The van der Waals surface area contributed by atoms with Crippen molar-refractivity contribution in [1.29, 1.82) is 0 Å². The summed E-state index contributed by atoms with van der Waals surface area (Å²) in [4.78, 5) is 12.1. The highest BCUT2D eigenvalue weighted by atomic mass is 16.5. The lowest BCUT2D eigenvalue weighted by molar-refractivity contribution is -0.134. The van der Waals surface area contributed by atoms with E-state index in [9.17, 15) is 4.79 Å². The zero-order chi connectivity index (χ0) is 21.6. The molecule has 0 unspecified atom stereocenters. The van der Waals surface area contributed by atoms with Crippen molar-refractivity contribution >= 4 is 5.97 Å². The number of aryl methyl sites for hydroxylation is 2. The van der Waals surface area contributed by atoms with Crippen LogP contribution >= 0.6 is 0 Å². The Morgan fingerprint density at radius 2 is 1.50 bits per heavy atom. The molecular formula is C28H46O2. The second-order valence-electron chi connectivity index (χ2n) is 9.66. The average Bonchev–Trinajstić information content (AvgIpc) is 2.75. The van der Waals surface area contributed by atoms with E-state index in [0.29, 0.717) is 6.42 Å². The molecule has 1 fully saturated rings. The summed E-state index contributed by atoms with van der Waals surface area (Å²) in [5.41, 5.74) is 2.48. The number of benzene rings is 1. The third kappa shape index (κ3) is 9.67. The second kappa shape index (κ2) is 14.7. The van der Waals surface area contributed by atoms with Crippen LogP contribution in [0.1, 0.15) is 121 Å². The topological polar surface area (TPSA) is 26.3 Å². The maximum atomic E-state index is 12.1. The Labute approximate surface area is 186 Å². The first-order valence-electron chi connectivity index (χ1n) is 12.9. The molecule has 0 spiro atoms. The van der Waals surface area contributed by atoms with Gasteiger partial charge in [-0.1, -0.05) is 103 Å². The van der Waals surface area contributed by atoms with E-state index in [1.54, 1.807) is 0 Å². The minimum Gasteiger partial charge on any atom is -0.426 e. The molecule has 0 saturated heterocycles. The largest absolute Gasteiger partial charge is 0.426 e. The second-order valence-corrected chi connectivity index (χ2v) is 9.66. The van der Waals surface area contributed by atoms with E-state index in [-0.39, 0.29) is 5.97 Å². The molecule has 1 saturated carbocycles. The van der Waals surface area contributed by atoms with Gasteiger partial charge in [0, 0.05) is 6.42 Å². The molecule has 2 heteroatoms. The fourth-order valence-corrected chi connectivity index (χ4v) is 4.89. The summed E-state index contributed by atoms with van der Waals surface area (Å²) in [5, 5.41) is 0. The molecule has 0 bridgehead atoms.